The van der Waals surface area contributed by atoms with Crippen molar-refractivity contribution in [3.63, 3.8) is 0 Å². The third kappa shape index (κ3) is 2.02. The van der Waals surface area contributed by atoms with E-state index in [1.807, 2.05) is 6.92 Å². The Balaban J connectivity index is 2.22. The van der Waals surface area contributed by atoms with Gasteiger partial charge in [0.05, 0.1) is 7.11 Å². The standard InChI is InChI=1S/C12H15NO3/c1-12(5-6-13-12)16-10-4-3-9(8-14)7-11(10)15-2/h3-4,7-8,13H,5-6H2,1-2H3/t12-/m1/s1. The van der Waals surface area contributed by atoms with Gasteiger partial charge < -0.3 is 9.47 Å². The quantitative estimate of drug-likeness (QED) is 0.784. The van der Waals surface area contributed by atoms with Crippen LogP contribution in [0.15, 0.2) is 18.2 Å². The summed E-state index contributed by atoms with van der Waals surface area (Å²) in [6.07, 6.45) is 1.75. The van der Waals surface area contributed by atoms with E-state index in [-0.39, 0.29) is 5.72 Å². The number of methoxy groups -OCH3 is 1. The Labute approximate surface area is 94.6 Å². The van der Waals surface area contributed by atoms with E-state index in [1.54, 1.807) is 25.3 Å². The molecule has 1 fully saturated rings. The average Bonchev–Trinajstić information content (AvgIpc) is 2.27. The van der Waals surface area contributed by atoms with Crippen molar-refractivity contribution in [2.24, 2.45) is 0 Å². The Morgan fingerprint density at radius 2 is 2.19 bits per heavy atom. The number of ether oxygens (including phenoxy) is 2. The molecule has 0 bridgehead atoms. The molecule has 0 unspecified atom stereocenters. The smallest absolute Gasteiger partial charge is 0.163 e. The number of hydrogen-bond acceptors (Lipinski definition) is 4. The van der Waals surface area contributed by atoms with Crippen molar-refractivity contribution in [3.05, 3.63) is 23.8 Å². The Hall–Kier alpha value is -1.55. The monoisotopic (exact) mass is 221 g/mol. The number of rotatable bonds is 4. The molecule has 2 rings (SSSR count). The predicted octanol–water partition coefficient (Wildman–Crippen LogP) is 1.60. The highest BCUT2D eigenvalue weighted by molar-refractivity contribution is 5.76. The second-order valence-electron chi connectivity index (χ2n) is 4.04. The lowest BCUT2D eigenvalue weighted by atomic mass is 10.0. The summed E-state index contributed by atoms with van der Waals surface area (Å²) in [6.45, 7) is 2.95. The van der Waals surface area contributed by atoms with Crippen LogP contribution < -0.4 is 14.8 Å². The molecule has 1 atom stereocenters. The van der Waals surface area contributed by atoms with Crippen molar-refractivity contribution in [1.82, 2.24) is 5.32 Å². The number of benzene rings is 1. The van der Waals surface area contributed by atoms with Crippen molar-refractivity contribution >= 4 is 6.29 Å². The lowest BCUT2D eigenvalue weighted by Gasteiger charge is -2.40. The average molecular weight is 221 g/mol. The minimum Gasteiger partial charge on any atom is -0.493 e. The van der Waals surface area contributed by atoms with E-state index in [4.69, 9.17) is 9.47 Å². The topological polar surface area (TPSA) is 47.6 Å². The number of carbonyl (C=O) groups is 1. The fourth-order valence-electron chi connectivity index (χ4n) is 1.65. The van der Waals surface area contributed by atoms with E-state index in [1.165, 1.54) is 0 Å². The molecule has 1 aromatic rings. The molecule has 1 aliphatic heterocycles. The van der Waals surface area contributed by atoms with Crippen LogP contribution in [0.25, 0.3) is 0 Å². The molecular formula is C12H15NO3. The maximum Gasteiger partial charge on any atom is 0.163 e. The van der Waals surface area contributed by atoms with Crippen molar-refractivity contribution in [3.8, 4) is 11.5 Å². The molecule has 16 heavy (non-hydrogen) atoms. The molecule has 4 heteroatoms. The van der Waals surface area contributed by atoms with Crippen LogP contribution in [0.3, 0.4) is 0 Å². The van der Waals surface area contributed by atoms with Crippen LogP contribution in [0.4, 0.5) is 0 Å². The van der Waals surface area contributed by atoms with Crippen LogP contribution in [-0.2, 0) is 0 Å². The number of hydrogen-bond donors (Lipinski definition) is 1. The molecule has 0 spiro atoms. The van der Waals surface area contributed by atoms with Gasteiger partial charge in [-0.1, -0.05) is 0 Å². The Kier molecular flexibility index (Phi) is 2.83. The minimum absolute atomic E-state index is 0.310. The van der Waals surface area contributed by atoms with Gasteiger partial charge in [-0.2, -0.15) is 0 Å². The van der Waals surface area contributed by atoms with Gasteiger partial charge in [0.2, 0.25) is 0 Å². The largest absolute Gasteiger partial charge is 0.493 e. The van der Waals surface area contributed by atoms with Gasteiger partial charge in [0.15, 0.2) is 17.2 Å². The summed E-state index contributed by atoms with van der Waals surface area (Å²) in [7, 11) is 1.56. The van der Waals surface area contributed by atoms with Crippen LogP contribution in [-0.4, -0.2) is 25.7 Å². The van der Waals surface area contributed by atoms with Crippen LogP contribution in [0.1, 0.15) is 23.7 Å². The lowest BCUT2D eigenvalue weighted by molar-refractivity contribution is -0.0124. The Morgan fingerprint density at radius 3 is 2.69 bits per heavy atom. The van der Waals surface area contributed by atoms with Crippen LogP contribution in [0.5, 0.6) is 11.5 Å². The van der Waals surface area contributed by atoms with E-state index in [0.717, 1.165) is 19.3 Å². The minimum atomic E-state index is -0.310. The van der Waals surface area contributed by atoms with Gasteiger partial charge in [-0.05, 0) is 25.1 Å². The van der Waals surface area contributed by atoms with E-state index in [9.17, 15) is 4.79 Å². The first kappa shape index (κ1) is 11.0. The second kappa shape index (κ2) is 4.14. The highest BCUT2D eigenvalue weighted by Crippen LogP contribution is 2.32. The molecule has 1 saturated heterocycles. The van der Waals surface area contributed by atoms with Crippen LogP contribution in [0.2, 0.25) is 0 Å². The molecule has 4 nitrogen and oxygen atoms in total. The summed E-state index contributed by atoms with van der Waals surface area (Å²) >= 11 is 0. The third-order valence-electron chi connectivity index (χ3n) is 2.76. The molecule has 0 aromatic heterocycles. The zero-order chi connectivity index (χ0) is 11.6. The third-order valence-corrected chi connectivity index (χ3v) is 2.76. The molecule has 86 valence electrons. The molecule has 1 heterocycles. The maximum atomic E-state index is 10.6. The van der Waals surface area contributed by atoms with Crippen molar-refractivity contribution in [2.75, 3.05) is 13.7 Å². The number of carbonyl (C=O) groups excluding carboxylic acids is 1. The molecule has 0 amide bonds. The molecule has 0 radical (unpaired) electrons. The summed E-state index contributed by atoms with van der Waals surface area (Å²) in [5, 5.41) is 3.20. The molecule has 0 aliphatic carbocycles. The molecular weight excluding hydrogens is 206 g/mol. The first-order valence-corrected chi connectivity index (χ1v) is 5.24. The highest BCUT2D eigenvalue weighted by Gasteiger charge is 2.34. The van der Waals surface area contributed by atoms with E-state index < -0.39 is 0 Å². The first-order chi connectivity index (χ1) is 7.67. The zero-order valence-corrected chi connectivity index (χ0v) is 9.45. The SMILES string of the molecule is COc1cc(C=O)ccc1O[C@]1(C)CCN1. The second-order valence-corrected chi connectivity index (χ2v) is 4.04. The van der Waals surface area contributed by atoms with Crippen molar-refractivity contribution in [2.45, 2.75) is 19.1 Å². The first-order valence-electron chi connectivity index (χ1n) is 5.24. The molecule has 0 saturated carbocycles. The summed E-state index contributed by atoms with van der Waals surface area (Å²) in [4.78, 5) is 10.6. The number of nitrogens with one attached hydrogen (secondary N) is 1. The molecule has 1 aromatic carbocycles. The van der Waals surface area contributed by atoms with Gasteiger partial charge in [0.1, 0.15) is 6.29 Å². The summed E-state index contributed by atoms with van der Waals surface area (Å²) in [5.74, 6) is 1.24. The van der Waals surface area contributed by atoms with Crippen molar-refractivity contribution in [1.29, 1.82) is 0 Å². The Bertz CT molecular complexity index is 399. The fraction of sp³-hybridized carbons (Fsp3) is 0.417. The molecule has 1 aliphatic rings. The number of aldehydes is 1. The Morgan fingerprint density at radius 1 is 1.44 bits per heavy atom. The summed E-state index contributed by atoms with van der Waals surface area (Å²) < 4.78 is 11.0. The van der Waals surface area contributed by atoms with Crippen LogP contribution >= 0.6 is 0 Å². The highest BCUT2D eigenvalue weighted by atomic mass is 16.5. The zero-order valence-electron chi connectivity index (χ0n) is 9.45. The van der Waals surface area contributed by atoms with Gasteiger partial charge >= 0.3 is 0 Å². The molecule has 1 N–H and O–H groups in total. The van der Waals surface area contributed by atoms with E-state index in [2.05, 4.69) is 5.32 Å². The summed E-state index contributed by atoms with van der Waals surface area (Å²) in [5.41, 5.74) is 0.270. The predicted molar refractivity (Wildman–Crippen MR) is 60.0 cm³/mol. The van der Waals surface area contributed by atoms with E-state index in [0.29, 0.717) is 17.1 Å². The maximum absolute atomic E-state index is 10.6. The normalized spacial score (nSPS) is 23.4. The summed E-state index contributed by atoms with van der Waals surface area (Å²) in [6, 6.07) is 5.14. The lowest BCUT2D eigenvalue weighted by Crippen LogP contribution is -2.58. The van der Waals surface area contributed by atoms with E-state index >= 15 is 0 Å². The van der Waals surface area contributed by atoms with Gasteiger partial charge in [-0.25, -0.2) is 0 Å². The fourth-order valence-corrected chi connectivity index (χ4v) is 1.65. The van der Waals surface area contributed by atoms with Crippen molar-refractivity contribution < 1.29 is 14.3 Å². The van der Waals surface area contributed by atoms with Gasteiger partial charge in [0.25, 0.3) is 0 Å². The van der Waals surface area contributed by atoms with Gasteiger partial charge in [-0.3, -0.25) is 10.1 Å². The van der Waals surface area contributed by atoms with Gasteiger partial charge in [0, 0.05) is 18.5 Å². The van der Waals surface area contributed by atoms with Crippen LogP contribution in [0, 0.1) is 0 Å². The van der Waals surface area contributed by atoms with Gasteiger partial charge in [-0.15, -0.1) is 0 Å².